The second kappa shape index (κ2) is 11.4. The van der Waals surface area contributed by atoms with Gasteiger partial charge in [0.2, 0.25) is 5.71 Å². The van der Waals surface area contributed by atoms with E-state index in [9.17, 15) is 0 Å². The van der Waals surface area contributed by atoms with Crippen molar-refractivity contribution in [2.45, 2.75) is 32.5 Å². The van der Waals surface area contributed by atoms with Gasteiger partial charge in [-0.15, -0.1) is 65.4 Å². The van der Waals surface area contributed by atoms with Crippen LogP contribution in [-0.2, 0) is 32.9 Å². The molecule has 7 aromatic rings. The molecule has 199 valence electrons. The molecule has 0 atom stereocenters. The average Bonchev–Trinajstić information content (AvgIpc) is 3.59. The van der Waals surface area contributed by atoms with Gasteiger partial charge >= 0.3 is 0 Å². The maximum atomic E-state index is 7.61. The van der Waals surface area contributed by atoms with Crippen LogP contribution in [0.1, 0.15) is 33.1 Å². The van der Waals surface area contributed by atoms with E-state index in [1.54, 1.807) is 18.3 Å². The van der Waals surface area contributed by atoms with Crippen LogP contribution in [0.25, 0.3) is 54.7 Å². The molecule has 0 spiro atoms. The molecule has 1 aliphatic carbocycles. The molecule has 0 fully saturated rings. The van der Waals surface area contributed by atoms with E-state index in [-0.39, 0.29) is 25.8 Å². The minimum absolute atomic E-state index is 0. The largest absolute Gasteiger partial charge is 0.486 e. The van der Waals surface area contributed by atoms with Gasteiger partial charge in [0.25, 0.3) is 0 Å². The third kappa shape index (κ3) is 4.99. The van der Waals surface area contributed by atoms with E-state index in [0.29, 0.717) is 11.3 Å². The summed E-state index contributed by atoms with van der Waals surface area (Å²) in [6, 6.07) is 29.3. The Balaban J connectivity index is 0.000000213. The SMILES string of the molecule is [2H]C([2H])([2H])c1ccc2c(n1)oc1c(-c3cc4sc5c(c4cn3)CCCC5)[c-]ccc12.[Ir].[c-]1ccccc1-c1ccccn1. The van der Waals surface area contributed by atoms with Gasteiger partial charge in [-0.3, -0.25) is 0 Å². The molecule has 40 heavy (non-hydrogen) atoms. The van der Waals surface area contributed by atoms with Crippen LogP contribution in [0.15, 0.2) is 89.6 Å². The molecule has 2 aromatic carbocycles. The number of hydrogen-bond donors (Lipinski definition) is 0. The van der Waals surface area contributed by atoms with Crippen LogP contribution in [0.3, 0.4) is 0 Å². The van der Waals surface area contributed by atoms with Crippen LogP contribution in [0.2, 0.25) is 0 Å². The minimum atomic E-state index is -2.27. The Morgan fingerprint density at radius 1 is 0.875 bits per heavy atom. The van der Waals surface area contributed by atoms with Crippen LogP contribution in [0.5, 0.6) is 0 Å². The molecule has 0 aliphatic heterocycles. The molecule has 6 heteroatoms. The van der Waals surface area contributed by atoms with Gasteiger partial charge in [-0.05, 0) is 67.7 Å². The van der Waals surface area contributed by atoms with Crippen LogP contribution < -0.4 is 0 Å². The number of rotatable bonds is 2. The van der Waals surface area contributed by atoms with Crippen molar-refractivity contribution >= 4 is 43.5 Å². The fourth-order valence-electron chi connectivity index (χ4n) is 5.18. The van der Waals surface area contributed by atoms with E-state index >= 15 is 0 Å². The third-order valence-corrected chi connectivity index (χ3v) is 8.30. The fraction of sp³-hybridized carbons (Fsp3) is 0.147. The summed E-state index contributed by atoms with van der Waals surface area (Å²) in [4.78, 5) is 14.7. The topological polar surface area (TPSA) is 51.8 Å². The fourth-order valence-corrected chi connectivity index (χ4v) is 6.48. The van der Waals surface area contributed by atoms with Gasteiger partial charge in [-0.25, -0.2) is 4.98 Å². The van der Waals surface area contributed by atoms with Gasteiger partial charge in [0, 0.05) is 62.7 Å². The van der Waals surface area contributed by atoms with Crippen molar-refractivity contribution in [3.63, 3.8) is 0 Å². The average molecular weight is 719 g/mol. The Kier molecular flexibility index (Phi) is 6.58. The molecule has 5 aromatic heterocycles. The Bertz CT molecular complexity index is 2000. The number of thiophene rings is 1. The van der Waals surface area contributed by atoms with Crippen LogP contribution >= 0.6 is 11.3 Å². The van der Waals surface area contributed by atoms with E-state index in [2.05, 4.69) is 28.2 Å². The predicted octanol–water partition coefficient (Wildman–Crippen LogP) is 8.79. The first-order valence-electron chi connectivity index (χ1n) is 14.5. The molecule has 0 saturated carbocycles. The summed E-state index contributed by atoms with van der Waals surface area (Å²) in [7, 11) is 0. The first-order valence-corrected chi connectivity index (χ1v) is 13.8. The summed E-state index contributed by atoms with van der Waals surface area (Å²) < 4.78 is 30.1. The monoisotopic (exact) mass is 719 g/mol. The second-order valence-corrected chi connectivity index (χ2v) is 10.7. The number of aromatic nitrogens is 3. The van der Waals surface area contributed by atoms with Crippen molar-refractivity contribution in [3.05, 3.63) is 113 Å². The Morgan fingerprint density at radius 3 is 2.65 bits per heavy atom. The molecule has 8 rings (SSSR count). The van der Waals surface area contributed by atoms with Gasteiger partial charge in [0.15, 0.2) is 0 Å². The normalized spacial score (nSPS) is 13.9. The van der Waals surface area contributed by atoms with Crippen molar-refractivity contribution in [2.75, 3.05) is 0 Å². The van der Waals surface area contributed by atoms with Crippen molar-refractivity contribution in [1.29, 1.82) is 0 Å². The number of aryl methyl sites for hydroxylation is 3. The number of nitrogens with zero attached hydrogens (tertiary/aromatic N) is 3. The molecule has 5 heterocycles. The number of pyridine rings is 3. The molecular weight excluding hydrogens is 691 g/mol. The quantitative estimate of drug-likeness (QED) is 0.168. The molecule has 0 N–H and O–H groups in total. The summed E-state index contributed by atoms with van der Waals surface area (Å²) >= 11 is 1.86. The Labute approximate surface area is 254 Å². The maximum absolute atomic E-state index is 7.61. The van der Waals surface area contributed by atoms with Crippen molar-refractivity contribution in [3.8, 4) is 22.5 Å². The first-order chi connectivity index (χ1) is 20.5. The van der Waals surface area contributed by atoms with Gasteiger partial charge in [0.1, 0.15) is 0 Å². The van der Waals surface area contributed by atoms with Crippen LogP contribution in [0.4, 0.5) is 0 Å². The van der Waals surface area contributed by atoms with Crippen molar-refractivity contribution in [1.82, 2.24) is 15.0 Å². The van der Waals surface area contributed by atoms with Gasteiger partial charge in [-0.1, -0.05) is 29.1 Å². The van der Waals surface area contributed by atoms with Crippen molar-refractivity contribution < 1.29 is 28.6 Å². The van der Waals surface area contributed by atoms with E-state index < -0.39 is 6.85 Å². The standard InChI is InChI=1S/C23H17N2OS.C11H8N.Ir/c1-13-9-10-16-15-6-4-7-17(22(15)26-23(16)25-13)19-11-21-18(12-24-19)14-5-2-3-8-20(14)27-21;1-2-6-10(7-3-1)11-8-4-5-9-12-11;/h4,6,9-12H,2-3,5,8H2,1H3;1-6,8-9H;/q2*-1;/i1D3;;. The molecular formula is C34H25IrN3OS-2. The minimum Gasteiger partial charge on any atom is -0.486 e. The number of hydrogen-bond acceptors (Lipinski definition) is 5. The first kappa shape index (κ1) is 23.0. The smallest absolute Gasteiger partial charge is 0.216 e. The Morgan fingerprint density at radius 2 is 1.80 bits per heavy atom. The molecule has 0 saturated heterocycles. The van der Waals surface area contributed by atoms with E-state index in [1.165, 1.54) is 33.4 Å². The van der Waals surface area contributed by atoms with Crippen molar-refractivity contribution in [2.24, 2.45) is 0 Å². The van der Waals surface area contributed by atoms with Gasteiger partial charge in [-0.2, -0.15) is 0 Å². The summed E-state index contributed by atoms with van der Waals surface area (Å²) in [6.45, 7) is -2.27. The predicted molar refractivity (Wildman–Crippen MR) is 159 cm³/mol. The molecule has 0 unspecified atom stereocenters. The van der Waals surface area contributed by atoms with Crippen LogP contribution in [-0.4, -0.2) is 15.0 Å². The zero-order chi connectivity index (χ0) is 28.7. The molecule has 1 radical (unpaired) electrons. The molecule has 1 aliphatic rings. The molecule has 4 nitrogen and oxygen atoms in total. The zero-order valence-electron chi connectivity index (χ0n) is 24.4. The van der Waals surface area contributed by atoms with E-state index in [0.717, 1.165) is 46.1 Å². The third-order valence-electron chi connectivity index (χ3n) is 7.05. The van der Waals surface area contributed by atoms with E-state index in [4.69, 9.17) is 13.5 Å². The molecule has 0 bridgehead atoms. The number of benzene rings is 2. The molecule has 0 amide bonds. The summed E-state index contributed by atoms with van der Waals surface area (Å²) in [5.74, 6) is 0. The van der Waals surface area contributed by atoms with Gasteiger partial charge < -0.3 is 14.4 Å². The summed E-state index contributed by atoms with van der Waals surface area (Å²) in [5.41, 5.74) is 6.05. The second-order valence-electron chi connectivity index (χ2n) is 9.51. The van der Waals surface area contributed by atoms with Gasteiger partial charge in [0.05, 0.1) is 5.58 Å². The van der Waals surface area contributed by atoms with E-state index in [1.807, 2.05) is 72.1 Å². The van der Waals surface area contributed by atoms with Crippen LogP contribution in [0, 0.1) is 19.0 Å². The zero-order valence-corrected chi connectivity index (χ0v) is 24.6. The summed E-state index contributed by atoms with van der Waals surface area (Å²) in [6.07, 6.45) is 8.57. The Hall–Kier alpha value is -3.70. The number of fused-ring (bicyclic) bond motifs is 6. The summed E-state index contributed by atoms with van der Waals surface area (Å²) in [5, 5.41) is 2.94. The number of furan rings is 1. The maximum Gasteiger partial charge on any atom is 0.216 e.